The summed E-state index contributed by atoms with van der Waals surface area (Å²) >= 11 is 0. The quantitative estimate of drug-likeness (QED) is 0.553. The minimum Gasteiger partial charge on any atom is -0.469 e. The first-order valence-electron chi connectivity index (χ1n) is 4.05. The Morgan fingerprint density at radius 3 is 2.82 bits per heavy atom. The summed E-state index contributed by atoms with van der Waals surface area (Å²) in [5.74, 6) is 0.380. The molecule has 0 aromatic rings. The van der Waals surface area contributed by atoms with Gasteiger partial charge in [0, 0.05) is 6.04 Å². The van der Waals surface area contributed by atoms with Gasteiger partial charge >= 0.3 is 5.97 Å². The molecule has 0 heterocycles. The summed E-state index contributed by atoms with van der Waals surface area (Å²) in [5.41, 5.74) is 5.65. The lowest BCUT2D eigenvalue weighted by Crippen LogP contribution is -2.20. The fraction of sp³-hybridized carbons (Fsp3) is 0.875. The second-order valence-electron chi connectivity index (χ2n) is 3.66. The van der Waals surface area contributed by atoms with Crippen molar-refractivity contribution in [2.45, 2.75) is 25.3 Å². The van der Waals surface area contributed by atoms with Crippen LogP contribution in [0.1, 0.15) is 19.3 Å². The normalized spacial score (nSPS) is 46.7. The van der Waals surface area contributed by atoms with Crippen LogP contribution < -0.4 is 5.73 Å². The molecule has 0 aliphatic heterocycles. The van der Waals surface area contributed by atoms with Crippen molar-refractivity contribution in [1.29, 1.82) is 0 Å². The van der Waals surface area contributed by atoms with Crippen LogP contribution in [0, 0.1) is 11.3 Å². The molecule has 0 amide bonds. The maximum absolute atomic E-state index is 11.2. The van der Waals surface area contributed by atoms with Gasteiger partial charge in [0.25, 0.3) is 0 Å². The molecule has 0 aromatic heterocycles. The van der Waals surface area contributed by atoms with E-state index in [0.717, 1.165) is 19.3 Å². The smallest absolute Gasteiger partial charge is 0.312 e. The number of rotatable bonds is 1. The number of methoxy groups -OCH3 is 1. The summed E-state index contributed by atoms with van der Waals surface area (Å²) in [6.07, 6.45) is 2.88. The summed E-state index contributed by atoms with van der Waals surface area (Å²) < 4.78 is 4.73. The maximum atomic E-state index is 11.2. The zero-order valence-electron chi connectivity index (χ0n) is 6.67. The van der Waals surface area contributed by atoms with E-state index < -0.39 is 0 Å². The van der Waals surface area contributed by atoms with Crippen LogP contribution in [0.5, 0.6) is 0 Å². The summed E-state index contributed by atoms with van der Waals surface area (Å²) in [6, 6.07) is 0.245. The Balaban J connectivity index is 2.11. The highest BCUT2D eigenvalue weighted by molar-refractivity contribution is 5.81. The Hall–Kier alpha value is -0.570. The third-order valence-corrected chi connectivity index (χ3v) is 3.17. The van der Waals surface area contributed by atoms with Crippen LogP contribution in [-0.4, -0.2) is 19.1 Å². The van der Waals surface area contributed by atoms with Gasteiger partial charge in [-0.2, -0.15) is 0 Å². The van der Waals surface area contributed by atoms with Crippen LogP contribution in [0.25, 0.3) is 0 Å². The average Bonchev–Trinajstić information content (AvgIpc) is 2.68. The fourth-order valence-corrected chi connectivity index (χ4v) is 2.35. The highest BCUT2D eigenvalue weighted by Crippen LogP contribution is 2.63. The van der Waals surface area contributed by atoms with Crippen molar-refractivity contribution in [3.05, 3.63) is 0 Å². The molecule has 2 saturated carbocycles. The van der Waals surface area contributed by atoms with Crippen LogP contribution >= 0.6 is 0 Å². The van der Waals surface area contributed by atoms with E-state index >= 15 is 0 Å². The molecule has 3 heteroatoms. The molecule has 0 spiro atoms. The van der Waals surface area contributed by atoms with Crippen LogP contribution in [0.4, 0.5) is 0 Å². The monoisotopic (exact) mass is 155 g/mol. The minimum atomic E-state index is -0.145. The molecule has 3 atom stereocenters. The molecule has 62 valence electrons. The predicted molar refractivity (Wildman–Crippen MR) is 39.8 cm³/mol. The SMILES string of the molecule is COC(=O)[C@]12CC[C@@H](N)[C@H]1C2. The summed E-state index contributed by atoms with van der Waals surface area (Å²) in [4.78, 5) is 11.2. The number of hydrogen-bond acceptors (Lipinski definition) is 3. The van der Waals surface area contributed by atoms with Crippen molar-refractivity contribution in [2.75, 3.05) is 7.11 Å². The largest absolute Gasteiger partial charge is 0.469 e. The highest BCUT2D eigenvalue weighted by atomic mass is 16.5. The zero-order valence-corrected chi connectivity index (χ0v) is 6.67. The van der Waals surface area contributed by atoms with E-state index in [-0.39, 0.29) is 17.4 Å². The molecule has 0 radical (unpaired) electrons. The van der Waals surface area contributed by atoms with Crippen LogP contribution in [0.2, 0.25) is 0 Å². The van der Waals surface area contributed by atoms with Gasteiger partial charge in [0.2, 0.25) is 0 Å². The number of carbonyl (C=O) groups is 1. The highest BCUT2D eigenvalue weighted by Gasteiger charge is 2.66. The number of nitrogens with two attached hydrogens (primary N) is 1. The van der Waals surface area contributed by atoms with E-state index in [1.165, 1.54) is 7.11 Å². The Labute approximate surface area is 65.9 Å². The lowest BCUT2D eigenvalue weighted by atomic mass is 10.1. The number of fused-ring (bicyclic) bond motifs is 1. The van der Waals surface area contributed by atoms with Crippen LogP contribution in [0.15, 0.2) is 0 Å². The number of ether oxygens (including phenoxy) is 1. The van der Waals surface area contributed by atoms with Gasteiger partial charge in [-0.1, -0.05) is 0 Å². The van der Waals surface area contributed by atoms with Gasteiger partial charge in [0.1, 0.15) is 0 Å². The van der Waals surface area contributed by atoms with Crippen molar-refractivity contribution in [3.63, 3.8) is 0 Å². The van der Waals surface area contributed by atoms with E-state index in [2.05, 4.69) is 0 Å². The molecule has 2 aliphatic rings. The molecule has 0 aromatic carbocycles. The second-order valence-corrected chi connectivity index (χ2v) is 3.66. The van der Waals surface area contributed by atoms with Gasteiger partial charge in [-0.05, 0) is 25.2 Å². The lowest BCUT2D eigenvalue weighted by Gasteiger charge is -2.06. The maximum Gasteiger partial charge on any atom is 0.312 e. The first-order valence-corrected chi connectivity index (χ1v) is 4.05. The molecule has 0 bridgehead atoms. The first kappa shape index (κ1) is 7.10. The van der Waals surface area contributed by atoms with E-state index in [9.17, 15) is 4.79 Å². The van der Waals surface area contributed by atoms with Crippen molar-refractivity contribution in [3.8, 4) is 0 Å². The van der Waals surface area contributed by atoms with Gasteiger partial charge in [-0.3, -0.25) is 4.79 Å². The Bertz CT molecular complexity index is 204. The van der Waals surface area contributed by atoms with Crippen molar-refractivity contribution >= 4 is 5.97 Å². The lowest BCUT2D eigenvalue weighted by molar-refractivity contribution is -0.147. The molecular formula is C8H13NO2. The van der Waals surface area contributed by atoms with Gasteiger partial charge in [0.15, 0.2) is 0 Å². The minimum absolute atomic E-state index is 0.0459. The predicted octanol–water partition coefficient (Wildman–Crippen LogP) is 0.287. The van der Waals surface area contributed by atoms with Gasteiger partial charge in [-0.15, -0.1) is 0 Å². The number of carbonyl (C=O) groups excluding carboxylic acids is 1. The summed E-state index contributed by atoms with van der Waals surface area (Å²) in [5, 5.41) is 0. The average molecular weight is 155 g/mol. The van der Waals surface area contributed by atoms with Gasteiger partial charge in [0.05, 0.1) is 12.5 Å². The topological polar surface area (TPSA) is 52.3 Å². The van der Waals surface area contributed by atoms with Gasteiger partial charge in [-0.25, -0.2) is 0 Å². The molecular weight excluding hydrogens is 142 g/mol. The Morgan fingerprint density at radius 1 is 1.73 bits per heavy atom. The van der Waals surface area contributed by atoms with E-state index in [4.69, 9.17) is 10.5 Å². The molecule has 2 aliphatic carbocycles. The van der Waals surface area contributed by atoms with Gasteiger partial charge < -0.3 is 10.5 Å². The molecule has 0 unspecified atom stereocenters. The molecule has 3 nitrogen and oxygen atoms in total. The van der Waals surface area contributed by atoms with Crippen molar-refractivity contribution < 1.29 is 9.53 Å². The molecule has 2 rings (SSSR count). The Kier molecular flexibility index (Phi) is 1.27. The number of esters is 1. The van der Waals surface area contributed by atoms with Crippen molar-refractivity contribution in [2.24, 2.45) is 17.1 Å². The third-order valence-electron chi connectivity index (χ3n) is 3.17. The van der Waals surface area contributed by atoms with E-state index in [0.29, 0.717) is 5.92 Å². The Morgan fingerprint density at radius 2 is 2.45 bits per heavy atom. The standard InChI is InChI=1S/C8H13NO2/c1-11-7(10)8-3-2-6(9)5(8)4-8/h5-6H,2-4,9H2,1H3/t5-,6-,8+/m1/s1. The third kappa shape index (κ3) is 0.745. The van der Waals surface area contributed by atoms with E-state index in [1.807, 2.05) is 0 Å². The van der Waals surface area contributed by atoms with Crippen LogP contribution in [0.3, 0.4) is 0 Å². The summed E-state index contributed by atoms with van der Waals surface area (Å²) in [7, 11) is 1.45. The fourth-order valence-electron chi connectivity index (χ4n) is 2.35. The first-order chi connectivity index (χ1) is 5.20. The summed E-state index contributed by atoms with van der Waals surface area (Å²) in [6.45, 7) is 0. The molecule has 0 saturated heterocycles. The second kappa shape index (κ2) is 1.97. The van der Waals surface area contributed by atoms with Crippen LogP contribution in [-0.2, 0) is 9.53 Å². The molecule has 2 N–H and O–H groups in total. The molecule has 2 fully saturated rings. The molecule has 11 heavy (non-hydrogen) atoms. The van der Waals surface area contributed by atoms with E-state index in [1.54, 1.807) is 0 Å². The number of hydrogen-bond donors (Lipinski definition) is 1. The zero-order chi connectivity index (χ0) is 8.06. The van der Waals surface area contributed by atoms with Crippen molar-refractivity contribution in [1.82, 2.24) is 0 Å².